The summed E-state index contributed by atoms with van der Waals surface area (Å²) >= 11 is 0. The lowest BCUT2D eigenvalue weighted by Gasteiger charge is -2.12. The first kappa shape index (κ1) is 16.5. The van der Waals surface area contributed by atoms with E-state index in [0.717, 1.165) is 0 Å². The van der Waals surface area contributed by atoms with Gasteiger partial charge in [-0.05, 0) is 18.2 Å². The highest BCUT2D eigenvalue weighted by atomic mass is 19.1. The van der Waals surface area contributed by atoms with Crippen molar-refractivity contribution in [3.05, 3.63) is 66.4 Å². The quantitative estimate of drug-likeness (QED) is 0.601. The lowest BCUT2D eigenvalue weighted by molar-refractivity contribution is 0.642. The minimum atomic E-state index is -0.481. The van der Waals surface area contributed by atoms with Crippen molar-refractivity contribution in [3.63, 3.8) is 0 Å². The first-order valence-corrected chi connectivity index (χ1v) is 8.17. The molecule has 130 valence electrons. The Balaban J connectivity index is 1.98. The molecule has 0 aliphatic heterocycles. The molecule has 0 unspecified atom stereocenters. The zero-order valence-electron chi connectivity index (χ0n) is 14.3. The van der Waals surface area contributed by atoms with Gasteiger partial charge in [-0.3, -0.25) is 4.98 Å². The van der Waals surface area contributed by atoms with E-state index < -0.39 is 5.82 Å². The van der Waals surface area contributed by atoms with E-state index in [-0.39, 0.29) is 5.39 Å². The molecule has 0 saturated heterocycles. The van der Waals surface area contributed by atoms with Gasteiger partial charge in [0, 0.05) is 30.6 Å². The van der Waals surface area contributed by atoms with Crippen LogP contribution in [0, 0.1) is 17.1 Å². The summed E-state index contributed by atoms with van der Waals surface area (Å²) in [5.41, 5.74) is 2.19. The number of fused-ring (bicyclic) bond motifs is 1. The summed E-state index contributed by atoms with van der Waals surface area (Å²) in [6.45, 7) is 0. The molecule has 0 saturated carbocycles. The van der Waals surface area contributed by atoms with Gasteiger partial charge in [0.25, 0.3) is 0 Å². The Hall–Kier alpha value is -3.92. The summed E-state index contributed by atoms with van der Waals surface area (Å²) in [5, 5.41) is 12.5. The SMILES string of the molecule is CNc1nc(-c2cnccn2)nc2ccc(-c3ccccc3C#N)c(F)c12. The molecule has 0 fully saturated rings. The molecule has 0 atom stereocenters. The number of halogens is 1. The molecule has 2 aromatic carbocycles. The van der Waals surface area contributed by atoms with Crippen LogP contribution in [-0.4, -0.2) is 27.0 Å². The highest BCUT2D eigenvalue weighted by Crippen LogP contribution is 2.34. The highest BCUT2D eigenvalue weighted by molar-refractivity contribution is 5.95. The largest absolute Gasteiger partial charge is 0.372 e. The van der Waals surface area contributed by atoms with Gasteiger partial charge in [0.05, 0.1) is 28.7 Å². The fourth-order valence-electron chi connectivity index (χ4n) is 2.92. The highest BCUT2D eigenvalue weighted by Gasteiger charge is 2.18. The number of hydrogen-bond acceptors (Lipinski definition) is 6. The Bertz CT molecular complexity index is 1180. The maximum Gasteiger partial charge on any atom is 0.182 e. The van der Waals surface area contributed by atoms with Gasteiger partial charge in [-0.15, -0.1) is 0 Å². The number of benzene rings is 2. The number of nitriles is 1. The maximum absolute atomic E-state index is 15.4. The van der Waals surface area contributed by atoms with Gasteiger partial charge in [0.1, 0.15) is 17.3 Å². The Morgan fingerprint density at radius 3 is 2.63 bits per heavy atom. The normalized spacial score (nSPS) is 10.6. The fraction of sp³-hybridized carbons (Fsp3) is 0.0500. The van der Waals surface area contributed by atoms with E-state index in [0.29, 0.717) is 39.5 Å². The van der Waals surface area contributed by atoms with Crippen molar-refractivity contribution in [1.82, 2.24) is 19.9 Å². The molecule has 0 aliphatic rings. The van der Waals surface area contributed by atoms with Gasteiger partial charge in [0.15, 0.2) is 5.82 Å². The Morgan fingerprint density at radius 1 is 1.04 bits per heavy atom. The second kappa shape index (κ2) is 6.77. The number of anilines is 1. The Kier molecular flexibility index (Phi) is 4.15. The van der Waals surface area contributed by atoms with Crippen LogP contribution in [0.15, 0.2) is 55.0 Å². The summed E-state index contributed by atoms with van der Waals surface area (Å²) < 4.78 is 15.4. The monoisotopic (exact) mass is 356 g/mol. The van der Waals surface area contributed by atoms with Crippen LogP contribution < -0.4 is 5.32 Å². The molecule has 2 aromatic heterocycles. The van der Waals surface area contributed by atoms with Gasteiger partial charge in [-0.2, -0.15) is 5.26 Å². The first-order valence-electron chi connectivity index (χ1n) is 8.17. The molecule has 1 N–H and O–H groups in total. The average Bonchev–Trinajstić information content (AvgIpc) is 2.74. The molecule has 27 heavy (non-hydrogen) atoms. The van der Waals surface area contributed by atoms with Crippen molar-refractivity contribution in [1.29, 1.82) is 5.26 Å². The van der Waals surface area contributed by atoms with E-state index >= 15 is 4.39 Å². The van der Waals surface area contributed by atoms with E-state index in [9.17, 15) is 5.26 Å². The van der Waals surface area contributed by atoms with Crippen LogP contribution in [-0.2, 0) is 0 Å². The second-order valence-electron chi connectivity index (χ2n) is 5.72. The van der Waals surface area contributed by atoms with Crippen LogP contribution in [0.3, 0.4) is 0 Å². The van der Waals surface area contributed by atoms with E-state index in [1.165, 1.54) is 0 Å². The fourth-order valence-corrected chi connectivity index (χ4v) is 2.92. The minimum Gasteiger partial charge on any atom is -0.372 e. The zero-order chi connectivity index (χ0) is 18.8. The molecule has 4 aromatic rings. The average molecular weight is 356 g/mol. The molecule has 0 spiro atoms. The predicted molar refractivity (Wildman–Crippen MR) is 100 cm³/mol. The molecular weight excluding hydrogens is 343 g/mol. The van der Waals surface area contributed by atoms with Gasteiger partial charge < -0.3 is 5.32 Å². The predicted octanol–water partition coefficient (Wildman–Crippen LogP) is 3.81. The summed E-state index contributed by atoms with van der Waals surface area (Å²) in [5.74, 6) is 0.212. The van der Waals surface area contributed by atoms with Crippen LogP contribution in [0.1, 0.15) is 5.56 Å². The number of rotatable bonds is 3. The molecule has 0 aliphatic carbocycles. The molecule has 6 nitrogen and oxygen atoms in total. The van der Waals surface area contributed by atoms with Crippen molar-refractivity contribution >= 4 is 16.7 Å². The topological polar surface area (TPSA) is 87.4 Å². The zero-order valence-corrected chi connectivity index (χ0v) is 14.3. The van der Waals surface area contributed by atoms with Crippen molar-refractivity contribution in [2.24, 2.45) is 0 Å². The maximum atomic E-state index is 15.4. The number of hydrogen-bond donors (Lipinski definition) is 1. The Morgan fingerprint density at radius 2 is 1.89 bits per heavy atom. The summed E-state index contributed by atoms with van der Waals surface area (Å²) in [6.07, 6.45) is 4.65. The Labute approximate surface area is 154 Å². The van der Waals surface area contributed by atoms with Gasteiger partial charge in [0.2, 0.25) is 0 Å². The van der Waals surface area contributed by atoms with E-state index in [2.05, 4.69) is 31.3 Å². The molecule has 7 heteroatoms. The van der Waals surface area contributed by atoms with Crippen molar-refractivity contribution in [2.75, 3.05) is 12.4 Å². The third kappa shape index (κ3) is 2.83. The van der Waals surface area contributed by atoms with Crippen LogP contribution in [0.4, 0.5) is 10.2 Å². The molecular formula is C20H13FN6. The van der Waals surface area contributed by atoms with Crippen molar-refractivity contribution in [2.45, 2.75) is 0 Å². The number of nitrogens with one attached hydrogen (secondary N) is 1. The van der Waals surface area contributed by atoms with Crippen LogP contribution in [0.25, 0.3) is 33.5 Å². The lowest BCUT2D eigenvalue weighted by atomic mass is 9.98. The smallest absolute Gasteiger partial charge is 0.182 e. The molecule has 4 rings (SSSR count). The molecule has 0 amide bonds. The lowest BCUT2D eigenvalue weighted by Crippen LogP contribution is -2.02. The molecule has 0 radical (unpaired) electrons. The van der Waals surface area contributed by atoms with Gasteiger partial charge in [-0.1, -0.05) is 18.2 Å². The third-order valence-corrected chi connectivity index (χ3v) is 4.17. The van der Waals surface area contributed by atoms with Gasteiger partial charge in [-0.25, -0.2) is 19.3 Å². The molecule has 2 heterocycles. The minimum absolute atomic E-state index is 0.260. The third-order valence-electron chi connectivity index (χ3n) is 4.17. The van der Waals surface area contributed by atoms with Crippen molar-refractivity contribution in [3.8, 4) is 28.7 Å². The van der Waals surface area contributed by atoms with Crippen LogP contribution >= 0.6 is 0 Å². The van der Waals surface area contributed by atoms with E-state index in [1.54, 1.807) is 62.0 Å². The van der Waals surface area contributed by atoms with Gasteiger partial charge >= 0.3 is 0 Å². The summed E-state index contributed by atoms with van der Waals surface area (Å²) in [7, 11) is 1.66. The van der Waals surface area contributed by atoms with Crippen LogP contribution in [0.2, 0.25) is 0 Å². The standard InChI is InChI=1S/C20H13FN6/c1-23-20-17-15(26-19(27-20)16-11-24-8-9-25-16)7-6-14(18(17)21)13-5-3-2-4-12(13)10-22/h2-9,11H,1H3,(H,23,26,27). The van der Waals surface area contributed by atoms with E-state index in [1.807, 2.05) is 0 Å². The van der Waals surface area contributed by atoms with E-state index in [4.69, 9.17) is 0 Å². The number of aromatic nitrogens is 4. The van der Waals surface area contributed by atoms with Crippen LogP contribution in [0.5, 0.6) is 0 Å². The number of nitrogens with zero attached hydrogens (tertiary/aromatic N) is 5. The summed E-state index contributed by atoms with van der Waals surface area (Å²) in [6, 6.07) is 12.3. The first-order chi connectivity index (χ1) is 13.2. The summed E-state index contributed by atoms with van der Waals surface area (Å²) in [4.78, 5) is 17.0. The van der Waals surface area contributed by atoms with Crippen molar-refractivity contribution < 1.29 is 4.39 Å². The molecule has 0 bridgehead atoms. The second-order valence-corrected chi connectivity index (χ2v) is 5.72.